The van der Waals surface area contributed by atoms with E-state index in [1.54, 1.807) is 0 Å². The maximum atomic E-state index is 5.51. The van der Waals surface area contributed by atoms with E-state index in [-0.39, 0.29) is 0 Å². The predicted molar refractivity (Wildman–Crippen MR) is 88.8 cm³/mol. The first-order chi connectivity index (χ1) is 10.2. The van der Waals surface area contributed by atoms with Crippen molar-refractivity contribution in [2.45, 2.75) is 51.1 Å². The molecule has 0 bridgehead atoms. The number of piperazine rings is 1. The molecule has 2 aliphatic rings. The summed E-state index contributed by atoms with van der Waals surface area (Å²) in [5.41, 5.74) is 0. The summed E-state index contributed by atoms with van der Waals surface area (Å²) in [6.07, 6.45) is 6.36. The van der Waals surface area contributed by atoms with Crippen LogP contribution in [-0.4, -0.2) is 75.4 Å². The first-order valence-corrected chi connectivity index (χ1v) is 8.89. The van der Waals surface area contributed by atoms with Gasteiger partial charge < -0.3 is 19.9 Å². The second-order valence-electron chi connectivity index (χ2n) is 7.07. The number of ether oxygens (including phenoxy) is 1. The van der Waals surface area contributed by atoms with Crippen LogP contribution in [-0.2, 0) is 4.74 Å². The first kappa shape index (κ1) is 17.2. The predicted octanol–water partition coefficient (Wildman–Crippen LogP) is 1.81. The molecule has 2 saturated heterocycles. The number of nitrogens with zero attached hydrogens (tertiary/aromatic N) is 2. The van der Waals surface area contributed by atoms with Gasteiger partial charge in [0.1, 0.15) is 0 Å². The molecule has 4 nitrogen and oxygen atoms in total. The van der Waals surface area contributed by atoms with Crippen LogP contribution in [0.5, 0.6) is 0 Å². The lowest BCUT2D eigenvalue weighted by Gasteiger charge is -2.40. The van der Waals surface area contributed by atoms with E-state index in [1.807, 2.05) is 0 Å². The van der Waals surface area contributed by atoms with E-state index in [9.17, 15) is 0 Å². The second kappa shape index (κ2) is 9.09. The van der Waals surface area contributed by atoms with Gasteiger partial charge in [-0.3, -0.25) is 0 Å². The molecule has 0 amide bonds. The zero-order chi connectivity index (χ0) is 15.1. The normalized spacial score (nSPS) is 27.9. The molecule has 0 spiro atoms. The van der Waals surface area contributed by atoms with Gasteiger partial charge in [-0.25, -0.2) is 0 Å². The SMILES string of the molecule is CCCNC(CC1CCOCC1)CC1CN(C)CCN1C. The Hall–Kier alpha value is -0.160. The molecule has 0 aliphatic carbocycles. The lowest BCUT2D eigenvalue weighted by atomic mass is 9.89. The third-order valence-electron chi connectivity index (χ3n) is 5.18. The Morgan fingerprint density at radius 3 is 2.62 bits per heavy atom. The van der Waals surface area contributed by atoms with E-state index in [4.69, 9.17) is 4.74 Å². The van der Waals surface area contributed by atoms with Gasteiger partial charge in [-0.2, -0.15) is 0 Å². The minimum atomic E-state index is 0.673. The lowest BCUT2D eigenvalue weighted by Crippen LogP contribution is -2.52. The summed E-state index contributed by atoms with van der Waals surface area (Å²) in [5, 5.41) is 3.81. The van der Waals surface area contributed by atoms with Crippen molar-refractivity contribution in [3.8, 4) is 0 Å². The molecule has 1 N–H and O–H groups in total. The molecule has 21 heavy (non-hydrogen) atoms. The number of rotatable bonds is 7. The van der Waals surface area contributed by atoms with E-state index in [2.05, 4.69) is 36.1 Å². The van der Waals surface area contributed by atoms with Crippen molar-refractivity contribution < 1.29 is 4.74 Å². The zero-order valence-electron chi connectivity index (χ0n) is 14.3. The first-order valence-electron chi connectivity index (χ1n) is 8.89. The molecule has 124 valence electrons. The summed E-state index contributed by atoms with van der Waals surface area (Å²) in [6.45, 7) is 8.99. The van der Waals surface area contributed by atoms with Crippen LogP contribution in [0.15, 0.2) is 0 Å². The number of hydrogen-bond donors (Lipinski definition) is 1. The molecule has 2 atom stereocenters. The maximum Gasteiger partial charge on any atom is 0.0468 e. The Bertz CT molecular complexity index is 281. The summed E-state index contributed by atoms with van der Waals surface area (Å²) in [5.74, 6) is 0.861. The average Bonchev–Trinajstić information content (AvgIpc) is 2.49. The Kier molecular flexibility index (Phi) is 7.44. The van der Waals surface area contributed by atoms with Crippen molar-refractivity contribution in [1.82, 2.24) is 15.1 Å². The fraction of sp³-hybridized carbons (Fsp3) is 1.00. The smallest absolute Gasteiger partial charge is 0.0468 e. The molecule has 0 saturated carbocycles. The summed E-state index contributed by atoms with van der Waals surface area (Å²) in [6, 6.07) is 1.38. The van der Waals surface area contributed by atoms with E-state index in [0.29, 0.717) is 12.1 Å². The highest BCUT2D eigenvalue weighted by Crippen LogP contribution is 2.23. The highest BCUT2D eigenvalue weighted by molar-refractivity contribution is 4.84. The maximum absolute atomic E-state index is 5.51. The van der Waals surface area contributed by atoms with Crippen molar-refractivity contribution in [2.24, 2.45) is 5.92 Å². The minimum absolute atomic E-state index is 0.673. The molecule has 2 heterocycles. The van der Waals surface area contributed by atoms with Gasteiger partial charge in [0, 0.05) is 44.9 Å². The summed E-state index contributed by atoms with van der Waals surface area (Å²) < 4.78 is 5.51. The van der Waals surface area contributed by atoms with Gasteiger partial charge in [0.05, 0.1) is 0 Å². The number of nitrogens with one attached hydrogen (secondary N) is 1. The minimum Gasteiger partial charge on any atom is -0.381 e. The topological polar surface area (TPSA) is 27.7 Å². The highest BCUT2D eigenvalue weighted by atomic mass is 16.5. The molecule has 0 aromatic heterocycles. The van der Waals surface area contributed by atoms with Crippen LogP contribution in [0.4, 0.5) is 0 Å². The van der Waals surface area contributed by atoms with Crippen LogP contribution in [0.3, 0.4) is 0 Å². The largest absolute Gasteiger partial charge is 0.381 e. The van der Waals surface area contributed by atoms with Crippen LogP contribution in [0, 0.1) is 5.92 Å². The monoisotopic (exact) mass is 297 g/mol. The molecular formula is C17H35N3O. The van der Waals surface area contributed by atoms with Crippen LogP contribution >= 0.6 is 0 Å². The van der Waals surface area contributed by atoms with E-state index >= 15 is 0 Å². The van der Waals surface area contributed by atoms with Crippen molar-refractivity contribution >= 4 is 0 Å². The van der Waals surface area contributed by atoms with E-state index in [0.717, 1.165) is 25.7 Å². The Morgan fingerprint density at radius 2 is 1.90 bits per heavy atom. The van der Waals surface area contributed by atoms with Gasteiger partial charge in [-0.05, 0) is 58.7 Å². The van der Waals surface area contributed by atoms with Crippen molar-refractivity contribution in [3.05, 3.63) is 0 Å². The van der Waals surface area contributed by atoms with Crippen molar-refractivity contribution in [2.75, 3.05) is 53.5 Å². The van der Waals surface area contributed by atoms with Gasteiger partial charge in [0.25, 0.3) is 0 Å². The van der Waals surface area contributed by atoms with Gasteiger partial charge >= 0.3 is 0 Å². The van der Waals surface area contributed by atoms with Crippen LogP contribution in [0.1, 0.15) is 39.0 Å². The van der Waals surface area contributed by atoms with Gasteiger partial charge in [-0.15, -0.1) is 0 Å². The third-order valence-corrected chi connectivity index (χ3v) is 5.18. The highest BCUT2D eigenvalue weighted by Gasteiger charge is 2.27. The zero-order valence-corrected chi connectivity index (χ0v) is 14.3. The summed E-state index contributed by atoms with van der Waals surface area (Å²) in [4.78, 5) is 5.04. The second-order valence-corrected chi connectivity index (χ2v) is 7.07. The molecule has 0 aromatic rings. The molecular weight excluding hydrogens is 262 g/mol. The fourth-order valence-electron chi connectivity index (χ4n) is 3.68. The molecule has 4 heteroatoms. The van der Waals surface area contributed by atoms with Gasteiger partial charge in [0.2, 0.25) is 0 Å². The summed E-state index contributed by atoms with van der Waals surface area (Å²) >= 11 is 0. The standard InChI is InChI=1S/C17H35N3O/c1-4-7-18-16(12-15-5-10-21-11-6-15)13-17-14-19(2)8-9-20(17)3/h15-18H,4-14H2,1-3H3. The van der Waals surface area contributed by atoms with Crippen molar-refractivity contribution in [3.63, 3.8) is 0 Å². The Morgan fingerprint density at radius 1 is 1.14 bits per heavy atom. The van der Waals surface area contributed by atoms with E-state index in [1.165, 1.54) is 51.7 Å². The molecule has 2 fully saturated rings. The third kappa shape index (κ3) is 5.85. The van der Waals surface area contributed by atoms with E-state index < -0.39 is 0 Å². The van der Waals surface area contributed by atoms with Crippen LogP contribution in [0.2, 0.25) is 0 Å². The molecule has 2 rings (SSSR count). The summed E-state index contributed by atoms with van der Waals surface area (Å²) in [7, 11) is 4.55. The average molecular weight is 297 g/mol. The molecule has 0 aromatic carbocycles. The van der Waals surface area contributed by atoms with Crippen LogP contribution < -0.4 is 5.32 Å². The molecule has 0 radical (unpaired) electrons. The Labute approximate surface area is 131 Å². The molecule has 2 aliphatic heterocycles. The Balaban J connectivity index is 1.84. The van der Waals surface area contributed by atoms with Gasteiger partial charge in [-0.1, -0.05) is 6.92 Å². The number of hydrogen-bond acceptors (Lipinski definition) is 4. The fourth-order valence-corrected chi connectivity index (χ4v) is 3.68. The van der Waals surface area contributed by atoms with Crippen LogP contribution in [0.25, 0.3) is 0 Å². The van der Waals surface area contributed by atoms with Gasteiger partial charge in [0.15, 0.2) is 0 Å². The lowest BCUT2D eigenvalue weighted by molar-refractivity contribution is 0.0555. The quantitative estimate of drug-likeness (QED) is 0.775. The number of likely N-dealkylation sites (N-methyl/N-ethyl adjacent to an activating group) is 2. The van der Waals surface area contributed by atoms with Crippen molar-refractivity contribution in [1.29, 1.82) is 0 Å². The molecule has 2 unspecified atom stereocenters.